The first kappa shape index (κ1) is 19.7. The van der Waals surface area contributed by atoms with Crippen molar-refractivity contribution in [2.75, 3.05) is 5.06 Å². The predicted molar refractivity (Wildman–Crippen MR) is 130 cm³/mol. The Morgan fingerprint density at radius 2 is 0.938 bits per heavy atom. The molecule has 32 heavy (non-hydrogen) atoms. The van der Waals surface area contributed by atoms with Gasteiger partial charge in [0.2, 0.25) is 0 Å². The molecule has 1 heterocycles. The first-order valence-electron chi connectivity index (χ1n) is 10.5. The molecule has 3 nitrogen and oxygen atoms in total. The molecule has 4 aromatic carbocycles. The molecule has 0 aliphatic carbocycles. The Labute approximate surface area is 187 Å². The summed E-state index contributed by atoms with van der Waals surface area (Å²) in [6, 6.07) is 38.1. The van der Waals surface area contributed by atoms with Crippen molar-refractivity contribution in [3.05, 3.63) is 128 Å². The van der Waals surface area contributed by atoms with Crippen LogP contribution in [0.5, 0.6) is 0 Å². The molecule has 0 bridgehead atoms. The summed E-state index contributed by atoms with van der Waals surface area (Å²) in [4.78, 5) is 4.07. The molecule has 0 saturated heterocycles. The average Bonchev–Trinajstić information content (AvgIpc) is 2.89. The maximum Gasteiger partial charge on any atom is 0.0883 e. The third-order valence-electron chi connectivity index (χ3n) is 5.49. The third-order valence-corrected chi connectivity index (χ3v) is 5.49. The topological polar surface area (TPSA) is 36.0 Å². The van der Waals surface area contributed by atoms with E-state index in [1.54, 1.807) is 24.5 Å². The standard InChI is InChI=1S/C29H21N2O/c32-31(26-16-18-30-19-17-26)29-27(23-12-6-2-7-13-23)20-25(22-10-4-1-5-11-22)21-28(29)24-14-8-3-9-15-24/h1-21H. The normalized spacial score (nSPS) is 10.7. The molecule has 1 aromatic heterocycles. The van der Waals surface area contributed by atoms with E-state index in [-0.39, 0.29) is 0 Å². The molecule has 0 spiro atoms. The van der Waals surface area contributed by atoms with Gasteiger partial charge in [0, 0.05) is 23.5 Å². The van der Waals surface area contributed by atoms with Crippen molar-refractivity contribution in [2.24, 2.45) is 0 Å². The molecule has 0 fully saturated rings. The maximum absolute atomic E-state index is 13.8. The highest BCUT2D eigenvalue weighted by Gasteiger charge is 2.21. The van der Waals surface area contributed by atoms with E-state index < -0.39 is 0 Å². The predicted octanol–water partition coefficient (Wildman–Crippen LogP) is 7.57. The molecule has 3 heteroatoms. The van der Waals surface area contributed by atoms with E-state index in [0.29, 0.717) is 11.4 Å². The summed E-state index contributed by atoms with van der Waals surface area (Å²) in [7, 11) is 0. The van der Waals surface area contributed by atoms with Crippen molar-refractivity contribution < 1.29 is 5.21 Å². The Bertz CT molecular complexity index is 1240. The van der Waals surface area contributed by atoms with E-state index in [9.17, 15) is 5.21 Å². The number of hydrogen-bond acceptors (Lipinski definition) is 2. The molecule has 0 atom stereocenters. The van der Waals surface area contributed by atoms with Crippen molar-refractivity contribution >= 4 is 11.4 Å². The zero-order chi connectivity index (χ0) is 21.8. The fraction of sp³-hybridized carbons (Fsp3) is 0. The largest absolute Gasteiger partial charge is 0.265 e. The number of anilines is 2. The summed E-state index contributed by atoms with van der Waals surface area (Å²) in [5, 5.41) is 14.8. The van der Waals surface area contributed by atoms with Crippen LogP contribution in [0.3, 0.4) is 0 Å². The summed E-state index contributed by atoms with van der Waals surface area (Å²) in [6.45, 7) is 0. The highest BCUT2D eigenvalue weighted by atomic mass is 16.5. The van der Waals surface area contributed by atoms with Crippen LogP contribution in [0.25, 0.3) is 33.4 Å². The second-order valence-corrected chi connectivity index (χ2v) is 7.52. The average molecular weight is 414 g/mol. The summed E-state index contributed by atoms with van der Waals surface area (Å²) in [6.07, 6.45) is 3.28. The molecule has 0 N–H and O–H groups in total. The monoisotopic (exact) mass is 413 g/mol. The zero-order valence-electron chi connectivity index (χ0n) is 17.4. The number of pyridine rings is 1. The molecule has 0 aliphatic rings. The van der Waals surface area contributed by atoms with E-state index in [0.717, 1.165) is 38.4 Å². The minimum absolute atomic E-state index is 0.543. The van der Waals surface area contributed by atoms with Crippen molar-refractivity contribution in [3.8, 4) is 33.4 Å². The van der Waals surface area contributed by atoms with Gasteiger partial charge in [-0.3, -0.25) is 4.98 Å². The lowest BCUT2D eigenvalue weighted by Gasteiger charge is -2.23. The smallest absolute Gasteiger partial charge is 0.0883 e. The molecule has 5 aromatic rings. The SMILES string of the molecule is [O]N(c1ccncc1)c1c(-c2ccccc2)cc(-c2ccccc2)cc1-c1ccccc1. The number of nitrogens with zero attached hydrogens (tertiary/aromatic N) is 2. The Morgan fingerprint density at radius 3 is 1.41 bits per heavy atom. The summed E-state index contributed by atoms with van der Waals surface area (Å²) >= 11 is 0. The maximum atomic E-state index is 13.8. The summed E-state index contributed by atoms with van der Waals surface area (Å²) in [5.41, 5.74) is 7.09. The fourth-order valence-corrected chi connectivity index (χ4v) is 3.93. The van der Waals surface area contributed by atoms with Gasteiger partial charge in [-0.2, -0.15) is 5.06 Å². The number of rotatable bonds is 5. The van der Waals surface area contributed by atoms with Crippen LogP contribution in [0.4, 0.5) is 11.4 Å². The van der Waals surface area contributed by atoms with Gasteiger partial charge in [-0.05, 0) is 46.5 Å². The highest BCUT2D eigenvalue weighted by Crippen LogP contribution is 2.44. The van der Waals surface area contributed by atoms with E-state index in [1.807, 2.05) is 78.9 Å². The van der Waals surface area contributed by atoms with Crippen LogP contribution < -0.4 is 5.06 Å². The van der Waals surface area contributed by atoms with Crippen molar-refractivity contribution in [2.45, 2.75) is 0 Å². The Morgan fingerprint density at radius 1 is 0.500 bits per heavy atom. The second-order valence-electron chi connectivity index (χ2n) is 7.52. The van der Waals surface area contributed by atoms with Gasteiger partial charge >= 0.3 is 0 Å². The van der Waals surface area contributed by atoms with Crippen molar-refractivity contribution in [3.63, 3.8) is 0 Å². The lowest BCUT2D eigenvalue weighted by molar-refractivity contribution is 0.197. The number of aromatic nitrogens is 1. The Kier molecular flexibility index (Phi) is 5.48. The molecule has 0 amide bonds. The van der Waals surface area contributed by atoms with Gasteiger partial charge in [0.05, 0.1) is 11.4 Å². The van der Waals surface area contributed by atoms with Crippen LogP contribution in [0, 0.1) is 0 Å². The molecular formula is C29H21N2O. The van der Waals surface area contributed by atoms with Gasteiger partial charge < -0.3 is 0 Å². The quantitative estimate of drug-likeness (QED) is 0.279. The highest BCUT2D eigenvalue weighted by molar-refractivity contribution is 5.96. The zero-order valence-corrected chi connectivity index (χ0v) is 17.4. The third kappa shape index (κ3) is 3.89. The van der Waals surface area contributed by atoms with Crippen molar-refractivity contribution in [1.29, 1.82) is 0 Å². The fourth-order valence-electron chi connectivity index (χ4n) is 3.93. The van der Waals surface area contributed by atoms with E-state index in [1.165, 1.54) is 0 Å². The molecule has 5 rings (SSSR count). The van der Waals surface area contributed by atoms with Gasteiger partial charge in [-0.1, -0.05) is 96.2 Å². The van der Waals surface area contributed by atoms with Gasteiger partial charge in [0.1, 0.15) is 0 Å². The van der Waals surface area contributed by atoms with Crippen LogP contribution in [-0.2, 0) is 5.21 Å². The van der Waals surface area contributed by atoms with E-state index in [4.69, 9.17) is 0 Å². The van der Waals surface area contributed by atoms with Gasteiger partial charge in [0.15, 0.2) is 0 Å². The molecule has 0 saturated carbocycles. The minimum Gasteiger partial charge on any atom is -0.265 e. The number of benzene rings is 4. The van der Waals surface area contributed by atoms with Crippen LogP contribution in [0.2, 0.25) is 0 Å². The molecule has 153 valence electrons. The lowest BCUT2D eigenvalue weighted by Crippen LogP contribution is -2.11. The van der Waals surface area contributed by atoms with Crippen LogP contribution >= 0.6 is 0 Å². The summed E-state index contributed by atoms with van der Waals surface area (Å²) in [5.74, 6) is 0. The van der Waals surface area contributed by atoms with Gasteiger partial charge in [-0.15, -0.1) is 0 Å². The summed E-state index contributed by atoms with van der Waals surface area (Å²) < 4.78 is 0. The van der Waals surface area contributed by atoms with Crippen molar-refractivity contribution in [1.82, 2.24) is 4.98 Å². The molecular weight excluding hydrogens is 392 g/mol. The van der Waals surface area contributed by atoms with E-state index >= 15 is 0 Å². The Balaban J connectivity index is 1.84. The van der Waals surface area contributed by atoms with Crippen LogP contribution in [0.1, 0.15) is 0 Å². The first-order chi connectivity index (χ1) is 15.8. The minimum atomic E-state index is 0.543. The number of hydrogen-bond donors (Lipinski definition) is 0. The molecule has 0 unspecified atom stereocenters. The Hall–Kier alpha value is -4.21. The van der Waals surface area contributed by atoms with Crippen LogP contribution in [-0.4, -0.2) is 4.98 Å². The lowest BCUT2D eigenvalue weighted by atomic mass is 9.90. The second kappa shape index (κ2) is 8.88. The molecule has 1 radical (unpaired) electrons. The van der Waals surface area contributed by atoms with Gasteiger partial charge in [0.25, 0.3) is 0 Å². The first-order valence-corrected chi connectivity index (χ1v) is 10.5. The van der Waals surface area contributed by atoms with Crippen LogP contribution in [0.15, 0.2) is 128 Å². The van der Waals surface area contributed by atoms with Gasteiger partial charge in [-0.25, -0.2) is 0 Å². The molecule has 0 aliphatic heterocycles. The van der Waals surface area contributed by atoms with E-state index in [2.05, 4.69) is 29.2 Å².